The lowest BCUT2D eigenvalue weighted by atomic mass is 9.79. The van der Waals surface area contributed by atoms with E-state index in [1.807, 2.05) is 36.1 Å². The van der Waals surface area contributed by atoms with E-state index in [1.165, 1.54) is 18.4 Å². The number of nitrogens with zero attached hydrogens (tertiary/aromatic N) is 3. The van der Waals surface area contributed by atoms with Crippen molar-refractivity contribution in [2.75, 3.05) is 24.3 Å². The van der Waals surface area contributed by atoms with Gasteiger partial charge in [0.2, 0.25) is 5.88 Å². The first-order valence-corrected chi connectivity index (χ1v) is 14.8. The Kier molecular flexibility index (Phi) is 6.46. The number of carbonyl (C=O) groups is 1. The third kappa shape index (κ3) is 4.49. The van der Waals surface area contributed by atoms with Crippen molar-refractivity contribution in [1.82, 2.24) is 15.3 Å². The molecule has 6 rings (SSSR count). The number of rotatable bonds is 8. The average molecular weight is 531 g/mol. The molecule has 2 heterocycles. The molecule has 198 valence electrons. The number of hydrogen-bond donors (Lipinski definition) is 1. The largest absolute Gasteiger partial charge is 0.480 e. The van der Waals surface area contributed by atoms with Crippen LogP contribution in [-0.2, 0) is 22.8 Å². The molecule has 8 heteroatoms. The number of aromatic nitrogens is 2. The van der Waals surface area contributed by atoms with Crippen LogP contribution in [0, 0.1) is 5.92 Å². The molecule has 38 heavy (non-hydrogen) atoms. The second kappa shape index (κ2) is 9.80. The predicted molar refractivity (Wildman–Crippen MR) is 149 cm³/mol. The van der Waals surface area contributed by atoms with Gasteiger partial charge in [-0.2, -0.15) is 0 Å². The molecule has 2 aromatic carbocycles. The number of benzene rings is 2. The quantitative estimate of drug-likeness (QED) is 0.413. The Morgan fingerprint density at radius 2 is 1.89 bits per heavy atom. The van der Waals surface area contributed by atoms with Crippen molar-refractivity contribution in [3.05, 3.63) is 65.6 Å². The monoisotopic (exact) mass is 530 g/mol. The van der Waals surface area contributed by atoms with E-state index in [2.05, 4.69) is 40.4 Å². The van der Waals surface area contributed by atoms with Crippen molar-refractivity contribution in [2.45, 2.75) is 62.3 Å². The van der Waals surface area contributed by atoms with Crippen molar-refractivity contribution < 1.29 is 13.7 Å². The Morgan fingerprint density at radius 3 is 2.55 bits per heavy atom. The van der Waals surface area contributed by atoms with E-state index >= 15 is 0 Å². The third-order valence-electron chi connectivity index (χ3n) is 8.29. The lowest BCUT2D eigenvalue weighted by Crippen LogP contribution is -2.42. The fraction of sp³-hybridized carbons (Fsp3) is 0.433. The van der Waals surface area contributed by atoms with E-state index in [1.54, 1.807) is 13.4 Å². The normalized spacial score (nSPS) is 21.2. The van der Waals surface area contributed by atoms with Gasteiger partial charge in [-0.1, -0.05) is 32.0 Å². The maximum Gasteiger partial charge on any atom is 0.322 e. The molecule has 1 N–H and O–H groups in total. The Bertz CT molecular complexity index is 1400. The molecule has 2 amide bonds. The first-order chi connectivity index (χ1) is 18.4. The van der Waals surface area contributed by atoms with Crippen LogP contribution in [0.15, 0.2) is 53.7 Å². The number of nitrogens with one attached hydrogen (secondary N) is 1. The van der Waals surface area contributed by atoms with Crippen LogP contribution >= 0.6 is 0 Å². The van der Waals surface area contributed by atoms with Gasteiger partial charge in [0.1, 0.15) is 6.33 Å². The molecule has 2 atom stereocenters. The van der Waals surface area contributed by atoms with Gasteiger partial charge in [-0.25, -0.2) is 14.8 Å². The molecule has 7 nitrogen and oxygen atoms in total. The average Bonchev–Trinajstić information content (AvgIpc) is 3.88. The molecule has 2 unspecified atom stereocenters. The summed E-state index contributed by atoms with van der Waals surface area (Å²) in [6.07, 6.45) is 6.26. The summed E-state index contributed by atoms with van der Waals surface area (Å²) < 4.78 is 17.7. The Hall–Kier alpha value is -3.26. The van der Waals surface area contributed by atoms with Gasteiger partial charge in [0.25, 0.3) is 0 Å². The molecule has 3 aromatic rings. The van der Waals surface area contributed by atoms with Crippen molar-refractivity contribution >= 4 is 22.5 Å². The molecule has 2 aliphatic carbocycles. The topological polar surface area (TPSA) is 84.4 Å². The van der Waals surface area contributed by atoms with Crippen LogP contribution in [-0.4, -0.2) is 39.6 Å². The number of anilines is 1. The zero-order valence-electron chi connectivity index (χ0n) is 22.2. The molecule has 1 aliphatic heterocycles. The Labute approximate surface area is 226 Å². The molecule has 0 radical (unpaired) electrons. The molecular formula is C30H34N4O3S. The second-order valence-corrected chi connectivity index (χ2v) is 12.6. The van der Waals surface area contributed by atoms with Gasteiger partial charge >= 0.3 is 6.03 Å². The van der Waals surface area contributed by atoms with Gasteiger partial charge in [-0.05, 0) is 72.6 Å². The number of amides is 2. The van der Waals surface area contributed by atoms with E-state index in [0.717, 1.165) is 45.8 Å². The van der Waals surface area contributed by atoms with Crippen molar-refractivity contribution in [3.8, 4) is 17.0 Å². The maximum atomic E-state index is 13.5. The zero-order valence-corrected chi connectivity index (χ0v) is 23.0. The van der Waals surface area contributed by atoms with Gasteiger partial charge in [0, 0.05) is 40.8 Å². The summed E-state index contributed by atoms with van der Waals surface area (Å²) in [5.41, 5.74) is 6.17. The smallest absolute Gasteiger partial charge is 0.322 e. The highest BCUT2D eigenvalue weighted by Crippen LogP contribution is 2.55. The van der Waals surface area contributed by atoms with Gasteiger partial charge in [-0.3, -0.25) is 9.11 Å². The highest BCUT2D eigenvalue weighted by atomic mass is 32.2. The van der Waals surface area contributed by atoms with Crippen LogP contribution < -0.4 is 15.0 Å². The van der Waals surface area contributed by atoms with E-state index in [-0.39, 0.29) is 11.4 Å². The van der Waals surface area contributed by atoms with Crippen LogP contribution in [0.5, 0.6) is 5.88 Å². The fourth-order valence-electron chi connectivity index (χ4n) is 5.81. The van der Waals surface area contributed by atoms with Crippen LogP contribution in [0.3, 0.4) is 0 Å². The molecule has 0 bridgehead atoms. The fourth-order valence-corrected chi connectivity index (χ4v) is 6.58. The first-order valence-electron chi connectivity index (χ1n) is 13.5. The summed E-state index contributed by atoms with van der Waals surface area (Å²) in [6, 6.07) is 14.0. The van der Waals surface area contributed by atoms with Crippen molar-refractivity contribution in [1.29, 1.82) is 0 Å². The summed E-state index contributed by atoms with van der Waals surface area (Å²) in [4.78, 5) is 25.2. The highest BCUT2D eigenvalue weighted by Gasteiger charge is 2.50. The van der Waals surface area contributed by atoms with E-state index in [0.29, 0.717) is 36.6 Å². The minimum Gasteiger partial charge on any atom is -0.480 e. The lowest BCUT2D eigenvalue weighted by molar-refractivity contribution is 0.244. The van der Waals surface area contributed by atoms with Gasteiger partial charge in [0.15, 0.2) is 0 Å². The number of ether oxygens (including phenoxy) is 1. The van der Waals surface area contributed by atoms with E-state index in [9.17, 15) is 9.00 Å². The molecule has 2 fully saturated rings. The number of fused-ring (bicyclic) bond motifs is 1. The lowest BCUT2D eigenvalue weighted by Gasteiger charge is -2.26. The maximum absolute atomic E-state index is 13.5. The van der Waals surface area contributed by atoms with Crippen molar-refractivity contribution in [2.24, 2.45) is 5.92 Å². The van der Waals surface area contributed by atoms with Crippen LogP contribution in [0.4, 0.5) is 10.5 Å². The van der Waals surface area contributed by atoms with E-state index < -0.39 is 10.8 Å². The Morgan fingerprint density at radius 1 is 1.13 bits per heavy atom. The number of urea groups is 1. The number of hydrogen-bond acceptors (Lipinski definition) is 5. The first kappa shape index (κ1) is 25.0. The zero-order chi connectivity index (χ0) is 26.4. The highest BCUT2D eigenvalue weighted by molar-refractivity contribution is 7.85. The summed E-state index contributed by atoms with van der Waals surface area (Å²) in [7, 11) is 0.684. The van der Waals surface area contributed by atoms with Crippen LogP contribution in [0.2, 0.25) is 0 Å². The molecule has 1 aromatic heterocycles. The molecule has 0 saturated heterocycles. The molecule has 2 saturated carbocycles. The molecule has 3 aliphatic rings. The van der Waals surface area contributed by atoms with Gasteiger partial charge < -0.3 is 10.1 Å². The second-order valence-electron chi connectivity index (χ2n) is 10.9. The third-order valence-corrected chi connectivity index (χ3v) is 9.62. The summed E-state index contributed by atoms with van der Waals surface area (Å²) in [5.74, 6) is 2.23. The van der Waals surface area contributed by atoms with Gasteiger partial charge in [-0.15, -0.1) is 0 Å². The molecular weight excluding hydrogens is 496 g/mol. The summed E-state index contributed by atoms with van der Waals surface area (Å²) in [6.45, 7) is 5.29. The molecule has 0 spiro atoms. The van der Waals surface area contributed by atoms with Crippen LogP contribution in [0.25, 0.3) is 11.1 Å². The van der Waals surface area contributed by atoms with Crippen molar-refractivity contribution in [3.63, 3.8) is 0 Å². The predicted octanol–water partition coefficient (Wildman–Crippen LogP) is 5.55. The minimum absolute atomic E-state index is 0.0936. The number of carbonyl (C=O) groups excluding carboxylic acids is 1. The van der Waals surface area contributed by atoms with Crippen LogP contribution in [0.1, 0.15) is 62.3 Å². The summed E-state index contributed by atoms with van der Waals surface area (Å²) in [5, 5.41) is 3.11. The SMILES string of the molecule is CCS(=O)c1ccc(CNC(=O)N2CC(C)(C3CC3)c3cc(-c4c(OC)ncnc4C4CC4)ccc32)cc1. The van der Waals surface area contributed by atoms with E-state index in [4.69, 9.17) is 4.74 Å². The summed E-state index contributed by atoms with van der Waals surface area (Å²) >= 11 is 0. The minimum atomic E-state index is -0.976. The Balaban J connectivity index is 1.28. The number of methoxy groups -OCH3 is 1. The standard InChI is InChI=1S/C30H34N4O3S/c1-4-38(36)23-12-5-19(6-13-23)16-31-29(35)34-17-30(2,22-10-11-22)24-15-21(9-14-25(24)34)26-27(20-7-8-20)32-18-33-28(26)37-3/h5-6,9,12-15,18,20,22H,4,7-8,10-11,16-17H2,1-3H3,(H,31,35). The van der Waals surface area contributed by atoms with Gasteiger partial charge in [0.05, 0.1) is 29.2 Å².